The van der Waals surface area contributed by atoms with E-state index in [-0.39, 0.29) is 5.41 Å². The number of hydrogen-bond donors (Lipinski definition) is 0. The second kappa shape index (κ2) is 4.51. The zero-order valence-electron chi connectivity index (χ0n) is 12.9. The summed E-state index contributed by atoms with van der Waals surface area (Å²) in [5.74, 6) is 3.59. The number of rotatable bonds is 4. The Labute approximate surface area is 118 Å². The zero-order chi connectivity index (χ0) is 13.7. The lowest BCUT2D eigenvalue weighted by Crippen LogP contribution is -2.52. The van der Waals surface area contributed by atoms with E-state index < -0.39 is 0 Å². The molecule has 0 aromatic rings. The summed E-state index contributed by atoms with van der Waals surface area (Å²) >= 11 is 0. The van der Waals surface area contributed by atoms with Crippen molar-refractivity contribution in [3.63, 3.8) is 0 Å². The van der Waals surface area contributed by atoms with Crippen molar-refractivity contribution in [3.8, 4) is 6.07 Å². The molecule has 4 fully saturated rings. The fourth-order valence-electron chi connectivity index (χ4n) is 6.41. The molecule has 4 saturated carbocycles. The molecule has 4 bridgehead atoms. The van der Waals surface area contributed by atoms with Gasteiger partial charge in [0, 0.05) is 0 Å². The van der Waals surface area contributed by atoms with Crippen LogP contribution in [0.3, 0.4) is 0 Å². The summed E-state index contributed by atoms with van der Waals surface area (Å²) in [6.45, 7) is 6.87. The monoisotopic (exact) mass is 259 g/mol. The highest BCUT2D eigenvalue weighted by molar-refractivity contribution is 5.11. The molecule has 1 heteroatoms. The number of nitriles is 1. The molecule has 0 amide bonds. The van der Waals surface area contributed by atoms with Crippen LogP contribution in [-0.2, 0) is 0 Å². The molecule has 1 atom stereocenters. The van der Waals surface area contributed by atoms with Crippen molar-refractivity contribution in [2.24, 2.45) is 34.5 Å². The van der Waals surface area contributed by atoms with E-state index in [0.717, 1.165) is 30.6 Å². The molecule has 0 aromatic carbocycles. The van der Waals surface area contributed by atoms with E-state index in [1.54, 1.807) is 0 Å². The van der Waals surface area contributed by atoms with Crippen molar-refractivity contribution >= 4 is 0 Å². The van der Waals surface area contributed by atoms with Gasteiger partial charge in [0.05, 0.1) is 11.5 Å². The predicted molar refractivity (Wildman–Crippen MR) is 78.4 cm³/mol. The van der Waals surface area contributed by atoms with E-state index in [4.69, 9.17) is 0 Å². The summed E-state index contributed by atoms with van der Waals surface area (Å²) in [4.78, 5) is 0. The first-order valence-electron chi connectivity index (χ1n) is 8.48. The molecule has 106 valence electrons. The third-order valence-corrected chi connectivity index (χ3v) is 7.32. The zero-order valence-corrected chi connectivity index (χ0v) is 12.9. The quantitative estimate of drug-likeness (QED) is 0.683. The second-order valence-electron chi connectivity index (χ2n) is 7.98. The topological polar surface area (TPSA) is 23.8 Å². The van der Waals surface area contributed by atoms with Gasteiger partial charge in [0.1, 0.15) is 0 Å². The highest BCUT2D eigenvalue weighted by Crippen LogP contribution is 2.65. The fraction of sp³-hybridized carbons (Fsp3) is 0.944. The molecule has 0 aliphatic heterocycles. The first-order valence-corrected chi connectivity index (χ1v) is 8.48. The molecule has 0 aromatic heterocycles. The molecule has 1 nitrogen and oxygen atoms in total. The van der Waals surface area contributed by atoms with Gasteiger partial charge < -0.3 is 0 Å². The fourth-order valence-corrected chi connectivity index (χ4v) is 6.41. The van der Waals surface area contributed by atoms with Crippen LogP contribution in [0.25, 0.3) is 0 Å². The van der Waals surface area contributed by atoms with Gasteiger partial charge in [-0.25, -0.2) is 0 Å². The van der Waals surface area contributed by atoms with E-state index >= 15 is 0 Å². The molecular weight excluding hydrogens is 230 g/mol. The van der Waals surface area contributed by atoms with E-state index in [2.05, 4.69) is 26.8 Å². The Kier molecular flexibility index (Phi) is 3.19. The largest absolute Gasteiger partial charge is 0.198 e. The number of nitrogens with zero attached hydrogens (tertiary/aromatic N) is 1. The van der Waals surface area contributed by atoms with Crippen LogP contribution in [0, 0.1) is 45.8 Å². The van der Waals surface area contributed by atoms with Crippen LogP contribution in [0.4, 0.5) is 0 Å². The van der Waals surface area contributed by atoms with E-state index in [9.17, 15) is 5.26 Å². The molecule has 4 aliphatic rings. The highest BCUT2D eigenvalue weighted by Gasteiger charge is 2.56. The summed E-state index contributed by atoms with van der Waals surface area (Å²) in [5, 5.41) is 9.80. The van der Waals surface area contributed by atoms with Gasteiger partial charge in [-0.05, 0) is 80.5 Å². The summed E-state index contributed by atoms with van der Waals surface area (Å²) in [6.07, 6.45) is 10.9. The minimum atomic E-state index is -0.0638. The molecule has 0 spiro atoms. The molecule has 19 heavy (non-hydrogen) atoms. The van der Waals surface area contributed by atoms with Crippen LogP contribution in [0.1, 0.15) is 72.1 Å². The summed E-state index contributed by atoms with van der Waals surface area (Å²) in [7, 11) is 0. The van der Waals surface area contributed by atoms with Crippen molar-refractivity contribution < 1.29 is 0 Å². The smallest absolute Gasteiger partial charge is 0.0692 e. The van der Waals surface area contributed by atoms with Gasteiger partial charge in [0.2, 0.25) is 0 Å². The van der Waals surface area contributed by atoms with Gasteiger partial charge in [0.25, 0.3) is 0 Å². The summed E-state index contributed by atoms with van der Waals surface area (Å²) < 4.78 is 0. The number of hydrogen-bond acceptors (Lipinski definition) is 1. The average molecular weight is 259 g/mol. The molecular formula is C18H29N. The van der Waals surface area contributed by atoms with E-state index in [1.165, 1.54) is 38.5 Å². The molecule has 1 unspecified atom stereocenters. The van der Waals surface area contributed by atoms with Crippen LogP contribution in [0.5, 0.6) is 0 Å². The molecule has 0 N–H and O–H groups in total. The van der Waals surface area contributed by atoms with Crippen molar-refractivity contribution in [3.05, 3.63) is 0 Å². The molecule has 0 saturated heterocycles. The highest BCUT2D eigenvalue weighted by atomic mass is 14.6. The van der Waals surface area contributed by atoms with Crippen LogP contribution >= 0.6 is 0 Å². The van der Waals surface area contributed by atoms with Crippen LogP contribution in [0.15, 0.2) is 0 Å². The molecule has 0 radical (unpaired) electrons. The lowest BCUT2D eigenvalue weighted by atomic mass is 9.43. The Morgan fingerprint density at radius 2 is 1.47 bits per heavy atom. The maximum Gasteiger partial charge on any atom is 0.0692 e. The SMILES string of the molecule is CCC(C#N)(CC)C(C)C12CC3CC(CC(C3)C1)C2. The van der Waals surface area contributed by atoms with Crippen molar-refractivity contribution in [1.82, 2.24) is 0 Å². The Balaban J connectivity index is 1.91. The molecule has 0 heterocycles. The first-order chi connectivity index (χ1) is 9.07. The normalized spacial score (nSPS) is 42.1. The van der Waals surface area contributed by atoms with Gasteiger partial charge in [-0.3, -0.25) is 0 Å². The minimum Gasteiger partial charge on any atom is -0.198 e. The molecule has 4 aliphatic carbocycles. The second-order valence-corrected chi connectivity index (χ2v) is 7.98. The van der Waals surface area contributed by atoms with Crippen LogP contribution in [-0.4, -0.2) is 0 Å². The van der Waals surface area contributed by atoms with Crippen molar-refractivity contribution in [2.75, 3.05) is 0 Å². The van der Waals surface area contributed by atoms with E-state index in [1.807, 2.05) is 0 Å². The van der Waals surface area contributed by atoms with Gasteiger partial charge in [-0.2, -0.15) is 5.26 Å². The molecule has 4 rings (SSSR count). The predicted octanol–water partition coefficient (Wildman–Crippen LogP) is 5.17. The Hall–Kier alpha value is -0.510. The van der Waals surface area contributed by atoms with Gasteiger partial charge >= 0.3 is 0 Å². The summed E-state index contributed by atoms with van der Waals surface area (Å²) in [6, 6.07) is 2.74. The van der Waals surface area contributed by atoms with Gasteiger partial charge in [-0.15, -0.1) is 0 Å². The van der Waals surface area contributed by atoms with Crippen molar-refractivity contribution in [1.29, 1.82) is 5.26 Å². The minimum absolute atomic E-state index is 0.0638. The Bertz CT molecular complexity index is 350. The lowest BCUT2D eigenvalue weighted by Gasteiger charge is -2.61. The Morgan fingerprint density at radius 3 is 1.79 bits per heavy atom. The van der Waals surface area contributed by atoms with Crippen LogP contribution < -0.4 is 0 Å². The van der Waals surface area contributed by atoms with Crippen LogP contribution in [0.2, 0.25) is 0 Å². The van der Waals surface area contributed by atoms with Gasteiger partial charge in [0.15, 0.2) is 0 Å². The third-order valence-electron chi connectivity index (χ3n) is 7.32. The third kappa shape index (κ3) is 1.86. The average Bonchev–Trinajstić information content (AvgIpc) is 2.39. The van der Waals surface area contributed by atoms with Gasteiger partial charge in [-0.1, -0.05) is 20.8 Å². The maximum absolute atomic E-state index is 9.80. The standard InChI is InChI=1S/C18H29N/c1-4-17(5-2,12-19)13(3)18-9-14-6-15(10-18)8-16(7-14)11-18/h13-16H,4-11H2,1-3H3. The maximum atomic E-state index is 9.80. The first kappa shape index (κ1) is 13.5. The Morgan fingerprint density at radius 1 is 1.05 bits per heavy atom. The van der Waals surface area contributed by atoms with Crippen molar-refractivity contribution in [2.45, 2.75) is 72.1 Å². The van der Waals surface area contributed by atoms with E-state index in [0.29, 0.717) is 11.3 Å². The lowest BCUT2D eigenvalue weighted by molar-refractivity contribution is -0.108. The summed E-state index contributed by atoms with van der Waals surface area (Å²) in [5.41, 5.74) is 0.460.